The molecule has 9 heavy (non-hydrogen) atoms. The zero-order valence-corrected chi connectivity index (χ0v) is 6.48. The van der Waals surface area contributed by atoms with E-state index in [0.717, 1.165) is 6.42 Å². The molecule has 0 heterocycles. The van der Waals surface area contributed by atoms with Crippen LogP contribution in [0, 0.1) is 0 Å². The average molecular weight is 127 g/mol. The lowest BCUT2D eigenvalue weighted by molar-refractivity contribution is 0.545. The second-order valence-corrected chi connectivity index (χ2v) is 2.41. The fourth-order valence-corrected chi connectivity index (χ4v) is 0.713. The molecule has 0 rings (SSSR count). The van der Waals surface area contributed by atoms with Crippen LogP contribution in [0.5, 0.6) is 0 Å². The van der Waals surface area contributed by atoms with Crippen molar-refractivity contribution in [2.45, 2.75) is 32.2 Å². The molecule has 0 unspecified atom stereocenters. The maximum Gasteiger partial charge on any atom is 0.00358 e. The lowest BCUT2D eigenvalue weighted by atomic mass is 10.1. The van der Waals surface area contributed by atoms with Gasteiger partial charge in [-0.3, -0.25) is 0 Å². The van der Waals surface area contributed by atoms with Crippen LogP contribution < -0.4 is 5.32 Å². The summed E-state index contributed by atoms with van der Waals surface area (Å²) in [4.78, 5) is 0. The molecule has 54 valence electrons. The van der Waals surface area contributed by atoms with Crippen molar-refractivity contribution < 1.29 is 0 Å². The molecule has 0 aromatic heterocycles. The van der Waals surface area contributed by atoms with Gasteiger partial charge in [-0.25, -0.2) is 0 Å². The molecule has 1 N–H and O–H groups in total. The van der Waals surface area contributed by atoms with Gasteiger partial charge in [0.25, 0.3) is 0 Å². The smallest absolute Gasteiger partial charge is 0.00358 e. The summed E-state index contributed by atoms with van der Waals surface area (Å²) in [5, 5.41) is 3.19. The van der Waals surface area contributed by atoms with Crippen molar-refractivity contribution in [3.05, 3.63) is 12.7 Å². The van der Waals surface area contributed by atoms with Gasteiger partial charge in [0.2, 0.25) is 0 Å². The first kappa shape index (κ1) is 8.70. The van der Waals surface area contributed by atoms with Crippen LogP contribution in [0.3, 0.4) is 0 Å². The van der Waals surface area contributed by atoms with E-state index >= 15 is 0 Å². The summed E-state index contributed by atoms with van der Waals surface area (Å²) >= 11 is 0. The zero-order chi connectivity index (χ0) is 7.11. The fraction of sp³-hybridized carbons (Fsp3) is 0.750. The van der Waals surface area contributed by atoms with Crippen LogP contribution in [0.1, 0.15) is 26.2 Å². The lowest BCUT2D eigenvalue weighted by Crippen LogP contribution is -2.20. The third-order valence-corrected chi connectivity index (χ3v) is 1.54. The fourth-order valence-electron chi connectivity index (χ4n) is 0.713. The maximum atomic E-state index is 3.66. The van der Waals surface area contributed by atoms with E-state index in [9.17, 15) is 0 Å². The van der Waals surface area contributed by atoms with Gasteiger partial charge in [0.05, 0.1) is 0 Å². The molecule has 0 fully saturated rings. The Morgan fingerprint density at radius 1 is 1.67 bits per heavy atom. The summed E-state index contributed by atoms with van der Waals surface area (Å²) in [7, 11) is 2.00. The molecule has 1 atom stereocenters. The molecular weight excluding hydrogens is 110 g/mol. The Morgan fingerprint density at radius 2 is 2.33 bits per heavy atom. The van der Waals surface area contributed by atoms with Crippen LogP contribution in [0.25, 0.3) is 0 Å². The molecule has 0 aliphatic rings. The van der Waals surface area contributed by atoms with E-state index in [1.807, 2.05) is 13.1 Å². The number of hydrogen-bond acceptors (Lipinski definition) is 1. The highest BCUT2D eigenvalue weighted by Crippen LogP contribution is 1.99. The molecule has 0 aromatic carbocycles. The van der Waals surface area contributed by atoms with Crippen molar-refractivity contribution in [1.82, 2.24) is 5.32 Å². The molecule has 0 amide bonds. The van der Waals surface area contributed by atoms with E-state index in [1.165, 1.54) is 12.8 Å². The van der Waals surface area contributed by atoms with Gasteiger partial charge in [-0.1, -0.05) is 6.08 Å². The molecule has 0 aliphatic heterocycles. The second-order valence-electron chi connectivity index (χ2n) is 2.41. The summed E-state index contributed by atoms with van der Waals surface area (Å²) in [6.45, 7) is 5.86. The Morgan fingerprint density at radius 3 is 2.78 bits per heavy atom. The van der Waals surface area contributed by atoms with Crippen molar-refractivity contribution in [1.29, 1.82) is 0 Å². The molecule has 1 heteroatoms. The van der Waals surface area contributed by atoms with E-state index in [0.29, 0.717) is 6.04 Å². The maximum absolute atomic E-state index is 3.66. The predicted octanol–water partition coefficient (Wildman–Crippen LogP) is 1.95. The SMILES string of the molecule is C=CCCC[C@@H](C)NC. The molecule has 0 aliphatic carbocycles. The van der Waals surface area contributed by atoms with Gasteiger partial charge in [0.15, 0.2) is 0 Å². The van der Waals surface area contributed by atoms with E-state index < -0.39 is 0 Å². The normalized spacial score (nSPS) is 13.1. The van der Waals surface area contributed by atoms with Crippen LogP contribution in [0.4, 0.5) is 0 Å². The van der Waals surface area contributed by atoms with Gasteiger partial charge in [-0.2, -0.15) is 0 Å². The largest absolute Gasteiger partial charge is 0.317 e. The Hall–Kier alpha value is -0.300. The van der Waals surface area contributed by atoms with Crippen LogP contribution in [-0.4, -0.2) is 13.1 Å². The van der Waals surface area contributed by atoms with Crippen molar-refractivity contribution >= 4 is 0 Å². The molecule has 1 nitrogen and oxygen atoms in total. The standard InChI is InChI=1S/C8H17N/c1-4-5-6-7-8(2)9-3/h4,8-9H,1,5-7H2,2-3H3/t8-/m1/s1. The molecule has 0 spiro atoms. The van der Waals surface area contributed by atoms with Crippen LogP contribution in [0.2, 0.25) is 0 Å². The number of allylic oxidation sites excluding steroid dienone is 1. The summed E-state index contributed by atoms with van der Waals surface area (Å²) < 4.78 is 0. The first-order valence-corrected chi connectivity index (χ1v) is 3.59. The van der Waals surface area contributed by atoms with Crippen LogP contribution in [0.15, 0.2) is 12.7 Å². The second kappa shape index (κ2) is 5.83. The minimum absolute atomic E-state index is 0.657. The number of unbranched alkanes of at least 4 members (excludes halogenated alkanes) is 1. The minimum atomic E-state index is 0.657. The Balaban J connectivity index is 2.96. The third kappa shape index (κ3) is 5.57. The average Bonchev–Trinajstić information content (AvgIpc) is 1.89. The van der Waals surface area contributed by atoms with E-state index in [1.54, 1.807) is 0 Å². The first-order valence-electron chi connectivity index (χ1n) is 3.59. The van der Waals surface area contributed by atoms with Gasteiger partial charge < -0.3 is 5.32 Å². The van der Waals surface area contributed by atoms with Gasteiger partial charge >= 0.3 is 0 Å². The zero-order valence-electron chi connectivity index (χ0n) is 6.48. The summed E-state index contributed by atoms with van der Waals surface area (Å²) in [6.07, 6.45) is 5.63. The highest BCUT2D eigenvalue weighted by Gasteiger charge is 1.94. The van der Waals surface area contributed by atoms with Crippen molar-refractivity contribution in [2.24, 2.45) is 0 Å². The topological polar surface area (TPSA) is 12.0 Å². The Labute approximate surface area is 58.2 Å². The molecule has 0 saturated carbocycles. The van der Waals surface area contributed by atoms with Gasteiger partial charge in [0, 0.05) is 6.04 Å². The van der Waals surface area contributed by atoms with E-state index in [-0.39, 0.29) is 0 Å². The van der Waals surface area contributed by atoms with Crippen molar-refractivity contribution in [3.63, 3.8) is 0 Å². The quantitative estimate of drug-likeness (QED) is 0.439. The third-order valence-electron chi connectivity index (χ3n) is 1.54. The summed E-state index contributed by atoms with van der Waals surface area (Å²) in [5.74, 6) is 0. The van der Waals surface area contributed by atoms with Crippen LogP contribution in [-0.2, 0) is 0 Å². The molecule has 0 radical (unpaired) electrons. The minimum Gasteiger partial charge on any atom is -0.317 e. The van der Waals surface area contributed by atoms with Gasteiger partial charge in [0.1, 0.15) is 0 Å². The number of rotatable bonds is 5. The highest BCUT2D eigenvalue weighted by molar-refractivity contribution is 4.67. The molecule has 0 aromatic rings. The number of hydrogen-bond donors (Lipinski definition) is 1. The lowest BCUT2D eigenvalue weighted by Gasteiger charge is -2.07. The van der Waals surface area contributed by atoms with Crippen LogP contribution >= 0.6 is 0 Å². The summed E-state index contributed by atoms with van der Waals surface area (Å²) in [6, 6.07) is 0.657. The Kier molecular flexibility index (Phi) is 5.64. The predicted molar refractivity (Wildman–Crippen MR) is 42.6 cm³/mol. The monoisotopic (exact) mass is 127 g/mol. The van der Waals surface area contributed by atoms with Gasteiger partial charge in [-0.15, -0.1) is 6.58 Å². The molecule has 0 bridgehead atoms. The van der Waals surface area contributed by atoms with Crippen molar-refractivity contribution in [2.75, 3.05) is 7.05 Å². The van der Waals surface area contributed by atoms with E-state index in [4.69, 9.17) is 0 Å². The van der Waals surface area contributed by atoms with Crippen molar-refractivity contribution in [3.8, 4) is 0 Å². The Bertz CT molecular complexity index is 69.0. The summed E-state index contributed by atoms with van der Waals surface area (Å²) in [5.41, 5.74) is 0. The highest BCUT2D eigenvalue weighted by atomic mass is 14.8. The molecule has 0 saturated heterocycles. The van der Waals surface area contributed by atoms with Gasteiger partial charge in [-0.05, 0) is 33.2 Å². The molecular formula is C8H17N. The van der Waals surface area contributed by atoms with E-state index in [2.05, 4.69) is 18.8 Å². The number of nitrogens with one attached hydrogen (secondary N) is 1. The first-order chi connectivity index (χ1) is 4.31.